The first-order valence-electron chi connectivity index (χ1n) is 2.11. The molecule has 0 spiro atoms. The van der Waals surface area contributed by atoms with E-state index in [4.69, 9.17) is 11.5 Å². The van der Waals surface area contributed by atoms with Gasteiger partial charge >= 0.3 is 0 Å². The van der Waals surface area contributed by atoms with E-state index in [9.17, 15) is 0 Å². The monoisotopic (exact) mass is 114 g/mol. The zero-order valence-corrected chi connectivity index (χ0v) is 4.16. The van der Waals surface area contributed by atoms with Crippen LogP contribution < -0.4 is 11.5 Å². The van der Waals surface area contributed by atoms with Gasteiger partial charge in [0.1, 0.15) is 5.69 Å². The summed E-state index contributed by atoms with van der Waals surface area (Å²) in [4.78, 5) is 0. The molecule has 1 rings (SSSR count). The van der Waals surface area contributed by atoms with E-state index in [0.29, 0.717) is 5.69 Å². The van der Waals surface area contributed by atoms with Crippen molar-refractivity contribution in [3.8, 4) is 0 Å². The summed E-state index contributed by atoms with van der Waals surface area (Å²) in [6, 6.07) is 0. The summed E-state index contributed by atoms with van der Waals surface area (Å²) in [6.07, 6.45) is 0. The fourth-order valence-corrected chi connectivity index (χ4v) is 0.355. The van der Waals surface area contributed by atoms with Crippen LogP contribution in [0, 0.1) is 0 Å². The summed E-state index contributed by atoms with van der Waals surface area (Å²) >= 11 is 0. The summed E-state index contributed by atoms with van der Waals surface area (Å²) in [7, 11) is 0. The maximum absolute atomic E-state index is 5.20. The number of anilines is 1. The molecule has 4 N–H and O–H groups in total. The Hall–Kier alpha value is -1.10. The number of hydrogen-bond acceptors (Lipinski definition) is 5. The number of nitrogens with zero attached hydrogens (tertiary/aromatic N) is 2. The maximum Gasteiger partial charge on any atom is 0.192 e. The Labute approximate surface area is 45.6 Å². The number of hydrogen-bond donors (Lipinski definition) is 2. The highest BCUT2D eigenvalue weighted by Gasteiger charge is 2.00. The molecule has 0 fully saturated rings. The Morgan fingerprint density at radius 1 is 1.50 bits per heavy atom. The third kappa shape index (κ3) is 0.627. The van der Waals surface area contributed by atoms with Crippen molar-refractivity contribution in [2.45, 2.75) is 6.54 Å². The van der Waals surface area contributed by atoms with E-state index >= 15 is 0 Å². The van der Waals surface area contributed by atoms with Gasteiger partial charge in [0.2, 0.25) is 0 Å². The summed E-state index contributed by atoms with van der Waals surface area (Å²) in [5.74, 6) is 0.271. The second kappa shape index (κ2) is 1.79. The minimum absolute atomic E-state index is 0.271. The fourth-order valence-electron chi connectivity index (χ4n) is 0.355. The zero-order valence-electron chi connectivity index (χ0n) is 4.16. The Morgan fingerprint density at radius 2 is 2.25 bits per heavy atom. The van der Waals surface area contributed by atoms with Crippen LogP contribution >= 0.6 is 0 Å². The van der Waals surface area contributed by atoms with Crippen molar-refractivity contribution in [3.05, 3.63) is 5.69 Å². The van der Waals surface area contributed by atoms with Crippen LogP contribution in [0.4, 0.5) is 5.82 Å². The van der Waals surface area contributed by atoms with Crippen LogP contribution in [0.15, 0.2) is 4.63 Å². The van der Waals surface area contributed by atoms with Gasteiger partial charge in [0, 0.05) is 6.54 Å². The molecule has 44 valence electrons. The first-order valence-corrected chi connectivity index (χ1v) is 2.11. The summed E-state index contributed by atoms with van der Waals surface area (Å²) in [6.45, 7) is 0.273. The van der Waals surface area contributed by atoms with Crippen molar-refractivity contribution < 1.29 is 4.63 Å². The van der Waals surface area contributed by atoms with Crippen molar-refractivity contribution in [3.63, 3.8) is 0 Å². The van der Waals surface area contributed by atoms with E-state index in [1.54, 1.807) is 0 Å². The van der Waals surface area contributed by atoms with Crippen molar-refractivity contribution >= 4 is 5.82 Å². The number of rotatable bonds is 1. The Bertz CT molecular complexity index is 172. The second-order valence-corrected chi connectivity index (χ2v) is 1.30. The molecule has 0 bridgehead atoms. The van der Waals surface area contributed by atoms with Gasteiger partial charge in [-0.25, -0.2) is 4.63 Å². The maximum atomic E-state index is 5.20. The number of nitrogen functional groups attached to an aromatic ring is 1. The summed E-state index contributed by atoms with van der Waals surface area (Å²) < 4.78 is 4.23. The molecule has 0 saturated carbocycles. The molecule has 1 aromatic heterocycles. The number of aromatic nitrogens is 2. The van der Waals surface area contributed by atoms with Gasteiger partial charge in [-0.2, -0.15) is 0 Å². The molecule has 8 heavy (non-hydrogen) atoms. The lowest BCUT2D eigenvalue weighted by molar-refractivity contribution is 0.305. The predicted molar refractivity (Wildman–Crippen MR) is 26.6 cm³/mol. The van der Waals surface area contributed by atoms with Gasteiger partial charge in [-0.1, -0.05) is 5.16 Å². The second-order valence-electron chi connectivity index (χ2n) is 1.30. The minimum Gasteiger partial charge on any atom is -0.379 e. The largest absolute Gasteiger partial charge is 0.379 e. The summed E-state index contributed by atoms with van der Waals surface area (Å²) in [5, 5.41) is 6.70. The Kier molecular flexibility index (Phi) is 1.13. The zero-order chi connectivity index (χ0) is 5.98. The van der Waals surface area contributed by atoms with Crippen molar-refractivity contribution in [1.29, 1.82) is 0 Å². The Balaban J connectivity index is 2.92. The summed E-state index contributed by atoms with van der Waals surface area (Å²) in [5.41, 5.74) is 10.9. The molecule has 0 aliphatic rings. The van der Waals surface area contributed by atoms with Gasteiger partial charge in [-0.15, -0.1) is 0 Å². The van der Waals surface area contributed by atoms with Crippen LogP contribution in [0.25, 0.3) is 0 Å². The van der Waals surface area contributed by atoms with Crippen LogP contribution in [0.5, 0.6) is 0 Å². The normalized spacial score (nSPS) is 9.62. The topological polar surface area (TPSA) is 91.0 Å². The number of nitrogens with two attached hydrogens (primary N) is 2. The lowest BCUT2D eigenvalue weighted by atomic mass is 10.4. The first-order chi connectivity index (χ1) is 3.84. The van der Waals surface area contributed by atoms with Crippen LogP contribution in [0.1, 0.15) is 5.69 Å². The third-order valence-electron chi connectivity index (χ3n) is 0.779. The van der Waals surface area contributed by atoms with Gasteiger partial charge in [-0.3, -0.25) is 0 Å². The van der Waals surface area contributed by atoms with Gasteiger partial charge in [0.15, 0.2) is 5.82 Å². The van der Waals surface area contributed by atoms with E-state index in [1.165, 1.54) is 0 Å². The van der Waals surface area contributed by atoms with Gasteiger partial charge in [0.05, 0.1) is 0 Å². The lowest BCUT2D eigenvalue weighted by Gasteiger charge is -1.81. The fraction of sp³-hybridized carbons (Fsp3) is 0.333. The lowest BCUT2D eigenvalue weighted by Crippen LogP contribution is -2.00. The van der Waals surface area contributed by atoms with Crippen molar-refractivity contribution in [2.75, 3.05) is 5.73 Å². The molecule has 0 aromatic carbocycles. The molecule has 0 amide bonds. The van der Waals surface area contributed by atoms with Crippen LogP contribution in [0.3, 0.4) is 0 Å². The molecule has 5 nitrogen and oxygen atoms in total. The van der Waals surface area contributed by atoms with Gasteiger partial charge in [0.25, 0.3) is 0 Å². The molecule has 5 heteroatoms. The van der Waals surface area contributed by atoms with E-state index < -0.39 is 0 Å². The molecular weight excluding hydrogens is 108 g/mol. The highest BCUT2D eigenvalue weighted by Crippen LogP contribution is 2.00. The Morgan fingerprint density at radius 3 is 2.50 bits per heavy atom. The standard InChI is InChI=1S/C3H6N4O/c4-1-2-3(5)7-8-6-2/h1,4H2,(H2,5,7). The van der Waals surface area contributed by atoms with E-state index in [1.807, 2.05) is 0 Å². The van der Waals surface area contributed by atoms with Crippen LogP contribution in [-0.2, 0) is 6.54 Å². The van der Waals surface area contributed by atoms with Crippen molar-refractivity contribution in [1.82, 2.24) is 10.3 Å². The SMILES string of the molecule is NCc1nonc1N. The molecule has 0 aliphatic heterocycles. The molecule has 0 radical (unpaired) electrons. The molecule has 1 aromatic rings. The highest BCUT2D eigenvalue weighted by molar-refractivity contribution is 5.30. The highest BCUT2D eigenvalue weighted by atomic mass is 16.6. The average Bonchev–Trinajstić information content (AvgIpc) is 2.14. The quantitative estimate of drug-likeness (QED) is 0.494. The van der Waals surface area contributed by atoms with Crippen molar-refractivity contribution in [2.24, 2.45) is 5.73 Å². The van der Waals surface area contributed by atoms with Crippen LogP contribution in [-0.4, -0.2) is 10.3 Å². The molecule has 0 aliphatic carbocycles. The molecule has 0 unspecified atom stereocenters. The molecule has 0 saturated heterocycles. The molecule has 0 atom stereocenters. The smallest absolute Gasteiger partial charge is 0.192 e. The van der Waals surface area contributed by atoms with E-state index in [0.717, 1.165) is 0 Å². The van der Waals surface area contributed by atoms with E-state index in [-0.39, 0.29) is 12.4 Å². The minimum atomic E-state index is 0.271. The van der Waals surface area contributed by atoms with E-state index in [2.05, 4.69) is 14.9 Å². The molecule has 1 heterocycles. The van der Waals surface area contributed by atoms with Gasteiger partial charge in [-0.05, 0) is 5.16 Å². The predicted octanol–water partition coefficient (Wildman–Crippen LogP) is -0.890. The van der Waals surface area contributed by atoms with Gasteiger partial charge < -0.3 is 11.5 Å². The van der Waals surface area contributed by atoms with Crippen LogP contribution in [0.2, 0.25) is 0 Å². The average molecular weight is 114 g/mol. The first kappa shape index (κ1) is 5.04. The molecular formula is C3H6N4O. The third-order valence-corrected chi connectivity index (χ3v) is 0.779.